The van der Waals surface area contributed by atoms with Crippen LogP contribution in [-0.4, -0.2) is 24.1 Å². The highest BCUT2D eigenvalue weighted by Gasteiger charge is 2.18. The predicted octanol–water partition coefficient (Wildman–Crippen LogP) is 9.40. The Kier molecular flexibility index (Phi) is 5.43. The minimum atomic E-state index is 0.590. The highest BCUT2D eigenvalue weighted by atomic mass is 15.2. The van der Waals surface area contributed by atoms with E-state index in [1.807, 2.05) is 60.7 Å². The highest BCUT2D eigenvalue weighted by molar-refractivity contribution is 6.25. The third-order valence-corrected chi connectivity index (χ3v) is 8.40. The van der Waals surface area contributed by atoms with Crippen molar-refractivity contribution in [2.45, 2.75) is 0 Å². The molecule has 9 rings (SSSR count). The minimum Gasteiger partial charge on any atom is -0.309 e. The lowest BCUT2D eigenvalue weighted by Gasteiger charge is -2.12. The fraction of sp³-hybridized carbons (Fsp3) is 0. The van der Waals surface area contributed by atoms with Gasteiger partial charge in [0.1, 0.15) is 0 Å². The molecule has 0 saturated heterocycles. The fourth-order valence-electron chi connectivity index (χ4n) is 6.43. The number of benzene rings is 6. The van der Waals surface area contributed by atoms with Gasteiger partial charge in [-0.25, -0.2) is 4.98 Å². The van der Waals surface area contributed by atoms with Gasteiger partial charge in [-0.3, -0.25) is 4.57 Å². The standard InChI is InChI=1S/C39H25N5/c1-4-12-27(13-5-1)37-40-38(28-14-6-2-7-15-28)42-39(41-37)43-25-24-26-20-21-30-31(36(26)43)22-23-34-35(30)32-18-10-11-19-33(32)44(34)29-16-8-3-9-17-29/h1-25H. The Morgan fingerprint density at radius 2 is 1.05 bits per heavy atom. The Hall–Kier alpha value is -6.07. The van der Waals surface area contributed by atoms with Crippen molar-refractivity contribution in [2.24, 2.45) is 0 Å². The minimum absolute atomic E-state index is 0.590. The van der Waals surface area contributed by atoms with E-state index >= 15 is 0 Å². The van der Waals surface area contributed by atoms with Crippen LogP contribution < -0.4 is 0 Å². The molecule has 3 heterocycles. The van der Waals surface area contributed by atoms with Gasteiger partial charge in [0, 0.05) is 44.6 Å². The molecule has 44 heavy (non-hydrogen) atoms. The monoisotopic (exact) mass is 563 g/mol. The van der Waals surface area contributed by atoms with E-state index in [0.29, 0.717) is 17.6 Å². The normalized spacial score (nSPS) is 11.6. The van der Waals surface area contributed by atoms with Gasteiger partial charge in [-0.1, -0.05) is 115 Å². The molecule has 0 aliphatic carbocycles. The van der Waals surface area contributed by atoms with Crippen LogP contribution in [0.2, 0.25) is 0 Å². The van der Waals surface area contributed by atoms with Crippen molar-refractivity contribution < 1.29 is 0 Å². The molecule has 0 bridgehead atoms. The van der Waals surface area contributed by atoms with Gasteiger partial charge in [0.05, 0.1) is 16.6 Å². The summed E-state index contributed by atoms with van der Waals surface area (Å²) in [7, 11) is 0. The van der Waals surface area contributed by atoms with Crippen LogP contribution in [0, 0.1) is 0 Å². The molecule has 206 valence electrons. The fourth-order valence-corrected chi connectivity index (χ4v) is 6.43. The second-order valence-electron chi connectivity index (χ2n) is 10.9. The molecule has 0 saturated carbocycles. The van der Waals surface area contributed by atoms with E-state index in [-0.39, 0.29) is 0 Å². The zero-order valence-corrected chi connectivity index (χ0v) is 23.7. The van der Waals surface area contributed by atoms with E-state index in [9.17, 15) is 0 Å². The number of rotatable bonds is 4. The summed E-state index contributed by atoms with van der Waals surface area (Å²) in [4.78, 5) is 14.9. The van der Waals surface area contributed by atoms with E-state index in [4.69, 9.17) is 15.0 Å². The maximum absolute atomic E-state index is 5.02. The second-order valence-corrected chi connectivity index (χ2v) is 10.9. The molecule has 0 unspecified atom stereocenters. The molecule has 0 amide bonds. The van der Waals surface area contributed by atoms with Gasteiger partial charge in [0.2, 0.25) is 5.95 Å². The summed E-state index contributed by atoms with van der Waals surface area (Å²) in [6.45, 7) is 0. The quantitative estimate of drug-likeness (QED) is 0.214. The van der Waals surface area contributed by atoms with Crippen LogP contribution in [0.25, 0.3) is 77.9 Å². The van der Waals surface area contributed by atoms with Crippen LogP contribution in [0.4, 0.5) is 0 Å². The van der Waals surface area contributed by atoms with Gasteiger partial charge in [0.15, 0.2) is 11.6 Å². The summed E-state index contributed by atoms with van der Waals surface area (Å²) < 4.78 is 4.47. The van der Waals surface area contributed by atoms with Crippen molar-refractivity contribution in [1.82, 2.24) is 24.1 Å². The molecule has 6 aromatic carbocycles. The Bertz CT molecular complexity index is 2420. The summed E-state index contributed by atoms with van der Waals surface area (Å²) in [5, 5.41) is 5.95. The average molecular weight is 564 g/mol. The number of hydrogen-bond acceptors (Lipinski definition) is 3. The lowest BCUT2D eigenvalue weighted by Crippen LogP contribution is -2.05. The highest BCUT2D eigenvalue weighted by Crippen LogP contribution is 2.39. The predicted molar refractivity (Wildman–Crippen MR) is 179 cm³/mol. The number of para-hydroxylation sites is 2. The Morgan fingerprint density at radius 1 is 0.432 bits per heavy atom. The van der Waals surface area contributed by atoms with E-state index in [1.54, 1.807) is 0 Å². The molecule has 0 radical (unpaired) electrons. The van der Waals surface area contributed by atoms with Crippen molar-refractivity contribution >= 4 is 43.5 Å². The Labute approximate surface area is 253 Å². The molecule has 5 nitrogen and oxygen atoms in total. The summed E-state index contributed by atoms with van der Waals surface area (Å²) in [6.07, 6.45) is 2.07. The van der Waals surface area contributed by atoms with Crippen LogP contribution in [-0.2, 0) is 0 Å². The second kappa shape index (κ2) is 9.75. The summed E-state index contributed by atoms with van der Waals surface area (Å²) in [5.74, 6) is 1.88. The third kappa shape index (κ3) is 3.76. The van der Waals surface area contributed by atoms with Gasteiger partial charge in [-0.15, -0.1) is 0 Å². The van der Waals surface area contributed by atoms with Crippen LogP contribution in [0.5, 0.6) is 0 Å². The van der Waals surface area contributed by atoms with Crippen LogP contribution in [0.1, 0.15) is 0 Å². The van der Waals surface area contributed by atoms with Crippen LogP contribution in [0.3, 0.4) is 0 Å². The molecular weight excluding hydrogens is 538 g/mol. The summed E-state index contributed by atoms with van der Waals surface area (Å²) >= 11 is 0. The number of nitrogens with zero attached hydrogens (tertiary/aromatic N) is 5. The number of fused-ring (bicyclic) bond motifs is 7. The molecule has 0 N–H and O–H groups in total. The lowest BCUT2D eigenvalue weighted by molar-refractivity contribution is 0.935. The number of hydrogen-bond donors (Lipinski definition) is 0. The number of aromatic nitrogens is 5. The molecule has 3 aromatic heterocycles. The van der Waals surface area contributed by atoms with Crippen LogP contribution in [0.15, 0.2) is 152 Å². The smallest absolute Gasteiger partial charge is 0.238 e. The lowest BCUT2D eigenvalue weighted by atomic mass is 10.0. The summed E-state index contributed by atoms with van der Waals surface area (Å²) in [5.41, 5.74) is 6.49. The zero-order chi connectivity index (χ0) is 29.0. The SMILES string of the molecule is c1ccc(-c2nc(-c3ccccc3)nc(-n3ccc4ccc5c(ccc6c5c5ccccc5n6-c5ccccc5)c43)n2)cc1. The maximum atomic E-state index is 5.02. The van der Waals surface area contributed by atoms with Gasteiger partial charge in [-0.2, -0.15) is 9.97 Å². The molecule has 0 fully saturated rings. The first-order valence-corrected chi connectivity index (χ1v) is 14.7. The zero-order valence-electron chi connectivity index (χ0n) is 23.7. The molecule has 0 aliphatic rings. The molecule has 5 heteroatoms. The molecule has 9 aromatic rings. The molecule has 0 aliphatic heterocycles. The van der Waals surface area contributed by atoms with E-state index in [0.717, 1.165) is 33.1 Å². The van der Waals surface area contributed by atoms with Crippen LogP contribution >= 0.6 is 0 Å². The van der Waals surface area contributed by atoms with E-state index in [2.05, 4.69) is 100 Å². The van der Waals surface area contributed by atoms with E-state index in [1.165, 1.54) is 27.2 Å². The average Bonchev–Trinajstić information content (AvgIpc) is 3.69. The first kappa shape index (κ1) is 24.5. The molecular formula is C39H25N5. The molecule has 0 spiro atoms. The van der Waals surface area contributed by atoms with Gasteiger partial charge in [0.25, 0.3) is 0 Å². The van der Waals surface area contributed by atoms with Crippen molar-refractivity contribution in [1.29, 1.82) is 0 Å². The first-order chi connectivity index (χ1) is 21.8. The van der Waals surface area contributed by atoms with Gasteiger partial charge >= 0.3 is 0 Å². The van der Waals surface area contributed by atoms with Crippen molar-refractivity contribution in [3.05, 3.63) is 152 Å². The Morgan fingerprint density at radius 3 is 1.75 bits per heavy atom. The maximum Gasteiger partial charge on any atom is 0.238 e. The third-order valence-electron chi connectivity index (χ3n) is 8.40. The largest absolute Gasteiger partial charge is 0.309 e. The van der Waals surface area contributed by atoms with E-state index < -0.39 is 0 Å². The first-order valence-electron chi connectivity index (χ1n) is 14.7. The molecule has 0 atom stereocenters. The Balaban J connectivity index is 1.34. The topological polar surface area (TPSA) is 48.5 Å². The van der Waals surface area contributed by atoms with Crippen molar-refractivity contribution in [2.75, 3.05) is 0 Å². The van der Waals surface area contributed by atoms with Crippen molar-refractivity contribution in [3.8, 4) is 34.4 Å². The van der Waals surface area contributed by atoms with Gasteiger partial charge < -0.3 is 4.57 Å². The summed E-state index contributed by atoms with van der Waals surface area (Å²) in [6, 6.07) is 50.5. The van der Waals surface area contributed by atoms with Crippen molar-refractivity contribution in [3.63, 3.8) is 0 Å². The van der Waals surface area contributed by atoms with Gasteiger partial charge in [-0.05, 0) is 35.7 Å².